The van der Waals surface area contributed by atoms with Crippen LogP contribution in [0.5, 0.6) is 0 Å². The molecule has 0 N–H and O–H groups in total. The molecule has 0 aliphatic heterocycles. The number of hydrogen-bond donors (Lipinski definition) is 0. The van der Waals surface area contributed by atoms with Crippen molar-refractivity contribution >= 4 is 17.9 Å². The van der Waals surface area contributed by atoms with Crippen molar-refractivity contribution in [2.75, 3.05) is 13.2 Å². The van der Waals surface area contributed by atoms with Crippen LogP contribution >= 0.6 is 0 Å². The van der Waals surface area contributed by atoms with Gasteiger partial charge in [-0.15, -0.1) is 0 Å². The Hall–Kier alpha value is -3.67. The van der Waals surface area contributed by atoms with Crippen molar-refractivity contribution in [3.8, 4) is 0 Å². The van der Waals surface area contributed by atoms with E-state index in [1.54, 1.807) is 0 Å². The van der Waals surface area contributed by atoms with Gasteiger partial charge in [0.15, 0.2) is 6.10 Å². The first kappa shape index (κ1) is 55.3. The van der Waals surface area contributed by atoms with Gasteiger partial charge in [0.25, 0.3) is 0 Å². The summed E-state index contributed by atoms with van der Waals surface area (Å²) in [5.41, 5.74) is 0. The van der Waals surface area contributed by atoms with Crippen LogP contribution in [0.4, 0.5) is 0 Å². The highest BCUT2D eigenvalue weighted by molar-refractivity contribution is 5.71. The minimum Gasteiger partial charge on any atom is -0.462 e. The van der Waals surface area contributed by atoms with Gasteiger partial charge in [-0.3, -0.25) is 14.4 Å². The lowest BCUT2D eigenvalue weighted by Crippen LogP contribution is -2.30. The van der Waals surface area contributed by atoms with Gasteiger partial charge in [0, 0.05) is 19.3 Å². The fraction of sp³-hybridized carbons (Fsp3) is 0.642. The van der Waals surface area contributed by atoms with Crippen molar-refractivity contribution < 1.29 is 28.6 Å². The highest BCUT2D eigenvalue weighted by Crippen LogP contribution is 2.11. The van der Waals surface area contributed by atoms with Gasteiger partial charge in [0.1, 0.15) is 13.2 Å². The summed E-state index contributed by atoms with van der Waals surface area (Å²) in [5, 5.41) is 0. The lowest BCUT2D eigenvalue weighted by atomic mass is 10.1. The van der Waals surface area contributed by atoms with Crippen LogP contribution in [0.3, 0.4) is 0 Å². The van der Waals surface area contributed by atoms with Gasteiger partial charge in [-0.25, -0.2) is 0 Å². The molecule has 6 nitrogen and oxygen atoms in total. The molecule has 1 atom stereocenters. The highest BCUT2D eigenvalue weighted by Gasteiger charge is 2.19. The number of hydrogen-bond acceptors (Lipinski definition) is 6. The van der Waals surface area contributed by atoms with Gasteiger partial charge in [0.2, 0.25) is 0 Å². The van der Waals surface area contributed by atoms with Crippen LogP contribution in [0.25, 0.3) is 0 Å². The summed E-state index contributed by atoms with van der Waals surface area (Å²) in [6.45, 7) is 6.35. The molecule has 0 amide bonds. The van der Waals surface area contributed by atoms with E-state index in [1.807, 2.05) is 54.7 Å². The third-order valence-electron chi connectivity index (χ3n) is 9.68. The van der Waals surface area contributed by atoms with E-state index in [-0.39, 0.29) is 31.6 Å². The van der Waals surface area contributed by atoms with Crippen LogP contribution < -0.4 is 0 Å². The maximum atomic E-state index is 12.7. The van der Waals surface area contributed by atoms with Gasteiger partial charge >= 0.3 is 17.9 Å². The van der Waals surface area contributed by atoms with E-state index >= 15 is 0 Å². The zero-order valence-electron chi connectivity index (χ0n) is 38.0. The van der Waals surface area contributed by atoms with Gasteiger partial charge in [0.05, 0.1) is 0 Å². The molecule has 0 saturated carbocycles. The Bertz CT molecular complexity index is 1220. The number of unbranched alkanes of at least 4 members (excludes halogenated alkanes) is 18. The summed E-state index contributed by atoms with van der Waals surface area (Å²) in [5.74, 6) is -1.06. The van der Waals surface area contributed by atoms with Crippen molar-refractivity contribution in [3.63, 3.8) is 0 Å². The number of carbonyl (C=O) groups excluding carboxylic acids is 3. The summed E-state index contributed by atoms with van der Waals surface area (Å²) in [4.78, 5) is 37.8. The molecule has 0 aliphatic rings. The number of carbonyl (C=O) groups is 3. The molecule has 0 spiro atoms. The van der Waals surface area contributed by atoms with E-state index in [4.69, 9.17) is 14.2 Å². The molecular weight excluding hydrogens is 733 g/mol. The smallest absolute Gasteiger partial charge is 0.306 e. The zero-order chi connectivity index (χ0) is 43.0. The summed E-state index contributed by atoms with van der Waals surface area (Å²) in [7, 11) is 0. The lowest BCUT2D eigenvalue weighted by molar-refractivity contribution is -0.166. The van der Waals surface area contributed by atoms with Crippen LogP contribution in [0, 0.1) is 0 Å². The molecular formula is C53H86O6. The van der Waals surface area contributed by atoms with Crippen LogP contribution in [0.1, 0.15) is 201 Å². The Labute approximate surface area is 362 Å². The third-order valence-corrected chi connectivity index (χ3v) is 9.68. The van der Waals surface area contributed by atoms with E-state index in [1.165, 1.54) is 77.0 Å². The van der Waals surface area contributed by atoms with Crippen molar-refractivity contribution in [3.05, 3.63) is 97.2 Å². The monoisotopic (exact) mass is 819 g/mol. The molecule has 0 aromatic carbocycles. The first-order valence-electron chi connectivity index (χ1n) is 23.8. The first-order valence-corrected chi connectivity index (χ1v) is 23.8. The maximum absolute atomic E-state index is 12.7. The molecule has 0 aliphatic carbocycles. The van der Waals surface area contributed by atoms with Crippen molar-refractivity contribution in [2.45, 2.75) is 207 Å². The average molecular weight is 819 g/mol. The molecule has 0 aromatic heterocycles. The Balaban J connectivity index is 4.57. The molecule has 0 radical (unpaired) electrons. The fourth-order valence-corrected chi connectivity index (χ4v) is 6.10. The topological polar surface area (TPSA) is 78.9 Å². The molecule has 0 saturated heterocycles. The molecule has 334 valence electrons. The fourth-order valence-electron chi connectivity index (χ4n) is 6.10. The first-order chi connectivity index (χ1) is 29.0. The minimum absolute atomic E-state index is 0.123. The van der Waals surface area contributed by atoms with Gasteiger partial charge in [-0.2, -0.15) is 0 Å². The number of ether oxygens (including phenoxy) is 3. The Morgan fingerprint density at radius 1 is 0.373 bits per heavy atom. The van der Waals surface area contributed by atoms with E-state index in [0.29, 0.717) is 19.3 Å². The second-order valence-corrected chi connectivity index (χ2v) is 15.4. The Kier molecular flexibility index (Phi) is 44.1. The van der Waals surface area contributed by atoms with Gasteiger partial charge in [-0.1, -0.05) is 195 Å². The summed E-state index contributed by atoms with van der Waals surface area (Å²) >= 11 is 0. The number of esters is 3. The highest BCUT2D eigenvalue weighted by atomic mass is 16.6. The lowest BCUT2D eigenvalue weighted by Gasteiger charge is -2.18. The van der Waals surface area contributed by atoms with Crippen LogP contribution in [0.2, 0.25) is 0 Å². The average Bonchev–Trinajstić information content (AvgIpc) is 3.23. The van der Waals surface area contributed by atoms with E-state index < -0.39 is 12.1 Å². The van der Waals surface area contributed by atoms with Crippen LogP contribution in [-0.2, 0) is 28.6 Å². The summed E-state index contributed by atoms with van der Waals surface area (Å²) in [6.07, 6.45) is 61.1. The molecule has 0 bridgehead atoms. The molecule has 0 aromatic rings. The summed E-state index contributed by atoms with van der Waals surface area (Å²) < 4.78 is 16.6. The van der Waals surface area contributed by atoms with Gasteiger partial charge in [-0.05, 0) is 83.5 Å². The third kappa shape index (κ3) is 45.3. The van der Waals surface area contributed by atoms with Gasteiger partial charge < -0.3 is 14.2 Å². The minimum atomic E-state index is -0.831. The van der Waals surface area contributed by atoms with E-state index in [0.717, 1.165) is 77.0 Å². The predicted molar refractivity (Wildman–Crippen MR) is 251 cm³/mol. The Morgan fingerprint density at radius 2 is 0.763 bits per heavy atom. The van der Waals surface area contributed by atoms with E-state index in [9.17, 15) is 14.4 Å². The Morgan fingerprint density at radius 3 is 1.25 bits per heavy atom. The quantitative estimate of drug-likeness (QED) is 0.0201. The van der Waals surface area contributed by atoms with Crippen molar-refractivity contribution in [1.29, 1.82) is 0 Å². The number of rotatable bonds is 41. The molecule has 1 unspecified atom stereocenters. The number of allylic oxidation sites excluding steroid dienone is 16. The largest absolute Gasteiger partial charge is 0.462 e. The van der Waals surface area contributed by atoms with Crippen molar-refractivity contribution in [1.82, 2.24) is 0 Å². The zero-order valence-corrected chi connectivity index (χ0v) is 38.0. The second kappa shape index (κ2) is 47.0. The van der Waals surface area contributed by atoms with Crippen molar-refractivity contribution in [2.24, 2.45) is 0 Å². The molecule has 6 heteroatoms. The van der Waals surface area contributed by atoms with Crippen LogP contribution in [0.15, 0.2) is 97.2 Å². The molecule has 0 rings (SSSR count). The molecule has 0 heterocycles. The molecule has 59 heavy (non-hydrogen) atoms. The SMILES string of the molecule is CC/C=C/C=C/C=C/C=C/C=C/CCCCCC(=O)OCC(COC(=O)CCCCC/C=C/CCCCCCCC)OC(=O)CC/C=C/C/C=C/CCCCCCCC. The predicted octanol–water partition coefficient (Wildman–Crippen LogP) is 15.4. The second-order valence-electron chi connectivity index (χ2n) is 15.4. The molecule has 0 fully saturated rings. The standard InChI is InChI=1S/C53H86O6/c1-4-7-10-13-16-19-22-25-26-29-31-34-37-40-43-46-52(55)58-49-50(59-53(56)47-44-41-38-35-32-28-24-21-18-15-12-9-6-3)48-57-51(54)45-42-39-36-33-30-27-23-20-17-14-11-8-5-2/h7,10,13,16,19,22,25-32,38,41,50H,4-6,8-9,11-12,14-15,17-18,20-21,23-24,33-37,39-40,42-49H2,1-3H3/b10-7+,16-13+,22-19+,26-25+,30-27+,31-29+,32-28+,41-38+. The summed E-state index contributed by atoms with van der Waals surface area (Å²) in [6, 6.07) is 0. The van der Waals surface area contributed by atoms with Crippen LogP contribution in [-0.4, -0.2) is 37.2 Å². The normalized spacial score (nSPS) is 12.9. The maximum Gasteiger partial charge on any atom is 0.306 e. The van der Waals surface area contributed by atoms with E-state index in [2.05, 4.69) is 63.3 Å².